The lowest BCUT2D eigenvalue weighted by molar-refractivity contribution is 0.101. The van der Waals surface area contributed by atoms with Gasteiger partial charge in [0.2, 0.25) is 0 Å². The molecule has 0 amide bonds. The first-order valence-electron chi connectivity index (χ1n) is 5.97. The van der Waals surface area contributed by atoms with Crippen molar-refractivity contribution < 1.29 is 4.79 Å². The van der Waals surface area contributed by atoms with E-state index in [1.807, 2.05) is 23.6 Å². The van der Waals surface area contributed by atoms with Crippen molar-refractivity contribution in [3.05, 3.63) is 47.4 Å². The first kappa shape index (κ1) is 11.0. The molecule has 3 aromatic rings. The van der Waals surface area contributed by atoms with E-state index in [1.165, 1.54) is 5.56 Å². The van der Waals surface area contributed by atoms with E-state index in [0.29, 0.717) is 5.69 Å². The minimum Gasteiger partial charge on any atom is -0.296 e. The number of hydrogen-bond donors (Lipinski definition) is 0. The van der Waals surface area contributed by atoms with E-state index in [9.17, 15) is 4.79 Å². The minimum atomic E-state index is 0.0482. The maximum atomic E-state index is 11.7. The number of imidazole rings is 1. The fourth-order valence-electron chi connectivity index (χ4n) is 2.47. The van der Waals surface area contributed by atoms with Gasteiger partial charge in [-0.15, -0.1) is 0 Å². The summed E-state index contributed by atoms with van der Waals surface area (Å²) in [7, 11) is 0. The molecular weight excluding hydrogens is 224 g/mol. The second-order valence-electron chi connectivity index (χ2n) is 4.70. The predicted molar refractivity (Wildman–Crippen MR) is 72.2 cm³/mol. The van der Waals surface area contributed by atoms with Crippen molar-refractivity contribution in [2.24, 2.45) is 0 Å². The van der Waals surface area contributed by atoms with Gasteiger partial charge in [-0.1, -0.05) is 17.7 Å². The van der Waals surface area contributed by atoms with E-state index in [2.05, 4.69) is 30.1 Å². The molecule has 0 atom stereocenters. The Balaban J connectivity index is 2.52. The van der Waals surface area contributed by atoms with E-state index in [0.717, 1.165) is 22.1 Å². The third-order valence-electron chi connectivity index (χ3n) is 3.27. The van der Waals surface area contributed by atoms with Crippen LogP contribution in [0.3, 0.4) is 0 Å². The zero-order chi connectivity index (χ0) is 12.9. The first-order valence-corrected chi connectivity index (χ1v) is 5.97. The molecule has 3 nitrogen and oxygen atoms in total. The molecule has 0 saturated carbocycles. The lowest BCUT2D eigenvalue weighted by Gasteiger charge is -2.03. The maximum absolute atomic E-state index is 11.7. The number of aryl methyl sites for hydroxylation is 2. The summed E-state index contributed by atoms with van der Waals surface area (Å²) < 4.78 is 1.89. The molecule has 0 spiro atoms. The molecule has 0 radical (unpaired) electrons. The molecule has 0 saturated heterocycles. The standard InChI is InChI=1S/C15H14N2O/c1-9-4-5-12-6-7-17-14(11(3)18)10(2)16-15(17)13(12)8-9/h4-8H,1-3H3. The van der Waals surface area contributed by atoms with Crippen LogP contribution in [0, 0.1) is 13.8 Å². The number of nitrogens with zero attached hydrogens (tertiary/aromatic N) is 2. The van der Waals surface area contributed by atoms with Gasteiger partial charge in [0.1, 0.15) is 11.3 Å². The Morgan fingerprint density at radius 1 is 1.22 bits per heavy atom. The third-order valence-corrected chi connectivity index (χ3v) is 3.27. The Labute approximate surface area is 105 Å². The summed E-state index contributed by atoms with van der Waals surface area (Å²) in [5.41, 5.74) is 3.52. The smallest absolute Gasteiger partial charge is 0.178 e. The van der Waals surface area contributed by atoms with E-state index in [-0.39, 0.29) is 5.78 Å². The molecule has 2 aromatic heterocycles. The van der Waals surface area contributed by atoms with Crippen molar-refractivity contribution in [2.45, 2.75) is 20.8 Å². The van der Waals surface area contributed by atoms with Crippen molar-refractivity contribution in [1.82, 2.24) is 9.38 Å². The molecule has 0 fully saturated rings. The van der Waals surface area contributed by atoms with Gasteiger partial charge in [0.15, 0.2) is 5.78 Å². The quantitative estimate of drug-likeness (QED) is 0.609. The topological polar surface area (TPSA) is 34.4 Å². The van der Waals surface area contributed by atoms with Crippen molar-refractivity contribution in [1.29, 1.82) is 0 Å². The van der Waals surface area contributed by atoms with Crippen LogP contribution in [0.1, 0.15) is 28.7 Å². The number of aromatic nitrogens is 2. The van der Waals surface area contributed by atoms with Gasteiger partial charge in [0.05, 0.1) is 5.69 Å². The number of rotatable bonds is 1. The average molecular weight is 238 g/mol. The highest BCUT2D eigenvalue weighted by molar-refractivity contribution is 5.99. The van der Waals surface area contributed by atoms with Gasteiger partial charge in [-0.25, -0.2) is 4.98 Å². The first-order chi connectivity index (χ1) is 8.58. The molecule has 3 heteroatoms. The van der Waals surface area contributed by atoms with Gasteiger partial charge < -0.3 is 0 Å². The maximum Gasteiger partial charge on any atom is 0.178 e. The zero-order valence-corrected chi connectivity index (χ0v) is 10.7. The van der Waals surface area contributed by atoms with Crippen LogP contribution in [0.15, 0.2) is 30.5 Å². The van der Waals surface area contributed by atoms with Crippen LogP contribution < -0.4 is 0 Å². The molecule has 0 unspecified atom stereocenters. The van der Waals surface area contributed by atoms with E-state index in [4.69, 9.17) is 0 Å². The molecule has 1 aromatic carbocycles. The largest absolute Gasteiger partial charge is 0.296 e. The summed E-state index contributed by atoms with van der Waals surface area (Å²) in [6.07, 6.45) is 1.92. The number of pyridine rings is 1. The van der Waals surface area contributed by atoms with Gasteiger partial charge in [0, 0.05) is 18.5 Å². The molecule has 0 N–H and O–H groups in total. The summed E-state index contributed by atoms with van der Waals surface area (Å²) in [6, 6.07) is 8.30. The lowest BCUT2D eigenvalue weighted by atomic mass is 10.1. The number of hydrogen-bond acceptors (Lipinski definition) is 2. The number of carbonyl (C=O) groups excluding carboxylic acids is 1. The van der Waals surface area contributed by atoms with Gasteiger partial charge in [0.25, 0.3) is 0 Å². The summed E-state index contributed by atoms with van der Waals surface area (Å²) >= 11 is 0. The molecule has 0 aliphatic carbocycles. The van der Waals surface area contributed by atoms with Gasteiger partial charge >= 0.3 is 0 Å². The number of Topliss-reactive ketones (excluding diaryl/α,β-unsaturated/α-hetero) is 1. The summed E-state index contributed by atoms with van der Waals surface area (Å²) in [4.78, 5) is 16.2. The fraction of sp³-hybridized carbons (Fsp3) is 0.200. The lowest BCUT2D eigenvalue weighted by Crippen LogP contribution is -2.00. The van der Waals surface area contributed by atoms with E-state index in [1.54, 1.807) is 6.92 Å². The normalized spacial score (nSPS) is 11.3. The van der Waals surface area contributed by atoms with E-state index < -0.39 is 0 Å². The van der Waals surface area contributed by atoms with Crippen LogP contribution in [0.4, 0.5) is 0 Å². The molecule has 18 heavy (non-hydrogen) atoms. The Hall–Kier alpha value is -2.16. The van der Waals surface area contributed by atoms with Crippen LogP contribution in [-0.2, 0) is 0 Å². The van der Waals surface area contributed by atoms with Crippen LogP contribution in [0.2, 0.25) is 0 Å². The SMILES string of the molecule is CC(=O)c1c(C)nc2c3cc(C)ccc3ccn12. The zero-order valence-electron chi connectivity index (χ0n) is 10.7. The Bertz CT molecular complexity index is 784. The van der Waals surface area contributed by atoms with Crippen molar-refractivity contribution in [3.8, 4) is 0 Å². The highest BCUT2D eigenvalue weighted by Gasteiger charge is 2.14. The molecule has 2 heterocycles. The summed E-state index contributed by atoms with van der Waals surface area (Å²) in [5, 5.41) is 2.24. The van der Waals surface area contributed by atoms with Gasteiger partial charge in [-0.2, -0.15) is 0 Å². The second-order valence-corrected chi connectivity index (χ2v) is 4.70. The van der Waals surface area contributed by atoms with Gasteiger partial charge in [-0.05, 0) is 31.4 Å². The predicted octanol–water partition coefficient (Wildman–Crippen LogP) is 3.31. The molecule has 90 valence electrons. The minimum absolute atomic E-state index is 0.0482. The Morgan fingerprint density at radius 2 is 2.00 bits per heavy atom. The number of fused-ring (bicyclic) bond motifs is 3. The summed E-state index contributed by atoms with van der Waals surface area (Å²) in [5.74, 6) is 0.0482. The number of carbonyl (C=O) groups is 1. The van der Waals surface area contributed by atoms with Crippen molar-refractivity contribution in [3.63, 3.8) is 0 Å². The number of benzene rings is 1. The average Bonchev–Trinajstić information content (AvgIpc) is 2.65. The van der Waals surface area contributed by atoms with Crippen molar-refractivity contribution in [2.75, 3.05) is 0 Å². The third kappa shape index (κ3) is 1.44. The Kier molecular flexibility index (Phi) is 2.23. The van der Waals surface area contributed by atoms with Crippen LogP contribution in [0.25, 0.3) is 16.4 Å². The highest BCUT2D eigenvalue weighted by atomic mass is 16.1. The molecule has 0 bridgehead atoms. The second kappa shape index (κ2) is 3.67. The Morgan fingerprint density at radius 3 is 2.72 bits per heavy atom. The molecule has 0 aliphatic rings. The molecular formula is C15H14N2O. The fourth-order valence-corrected chi connectivity index (χ4v) is 2.47. The van der Waals surface area contributed by atoms with Crippen molar-refractivity contribution >= 4 is 22.2 Å². The highest BCUT2D eigenvalue weighted by Crippen LogP contribution is 2.23. The summed E-state index contributed by atoms with van der Waals surface area (Å²) in [6.45, 7) is 5.52. The number of ketones is 1. The molecule has 3 rings (SSSR count). The van der Waals surface area contributed by atoms with Gasteiger partial charge in [-0.3, -0.25) is 9.20 Å². The molecule has 0 aliphatic heterocycles. The monoisotopic (exact) mass is 238 g/mol. The van der Waals surface area contributed by atoms with Crippen LogP contribution in [0.5, 0.6) is 0 Å². The van der Waals surface area contributed by atoms with Crippen LogP contribution >= 0.6 is 0 Å². The van der Waals surface area contributed by atoms with Crippen LogP contribution in [-0.4, -0.2) is 15.2 Å². The van der Waals surface area contributed by atoms with E-state index >= 15 is 0 Å².